The van der Waals surface area contributed by atoms with Crippen LogP contribution in [0.25, 0.3) is 0 Å². The molecule has 0 aliphatic heterocycles. The monoisotopic (exact) mass is 262 g/mol. The molecule has 102 valence electrons. The topological polar surface area (TPSA) is 170 Å². The van der Waals surface area contributed by atoms with Gasteiger partial charge in [0, 0.05) is 6.42 Å². The molecule has 0 aliphatic carbocycles. The quantitative estimate of drug-likeness (QED) is 0.300. The lowest BCUT2D eigenvalue weighted by Crippen LogP contribution is -2.40. The van der Waals surface area contributed by atoms with E-state index in [1.165, 1.54) is 0 Å². The molecule has 0 aromatic carbocycles. The number of hydrogen-bond acceptors (Lipinski definition) is 7. The minimum absolute atomic E-state index is 0.199. The summed E-state index contributed by atoms with van der Waals surface area (Å²) in [5, 5.41) is 16.7. The number of rotatable bonds is 7. The largest absolute Gasteiger partial charge is 0.481 e. The zero-order valence-corrected chi connectivity index (χ0v) is 9.37. The number of carbonyl (C=O) groups excluding carboxylic acids is 2. The number of carbonyl (C=O) groups is 4. The number of aliphatic carboxylic acids is 2. The van der Waals surface area contributed by atoms with Crippen LogP contribution in [0.2, 0.25) is 0 Å². The van der Waals surface area contributed by atoms with Gasteiger partial charge >= 0.3 is 23.9 Å². The molecule has 0 aromatic rings. The van der Waals surface area contributed by atoms with Crippen LogP contribution < -0.4 is 11.5 Å². The van der Waals surface area contributed by atoms with Crippen molar-refractivity contribution in [2.75, 3.05) is 0 Å². The molecule has 0 saturated carbocycles. The number of ether oxygens (including phenoxy) is 1. The van der Waals surface area contributed by atoms with E-state index in [-0.39, 0.29) is 12.8 Å². The van der Waals surface area contributed by atoms with Crippen LogP contribution in [0.15, 0.2) is 0 Å². The average Bonchev–Trinajstić information content (AvgIpc) is 2.24. The van der Waals surface area contributed by atoms with Crippen molar-refractivity contribution in [2.45, 2.75) is 31.3 Å². The summed E-state index contributed by atoms with van der Waals surface area (Å²) >= 11 is 0. The lowest BCUT2D eigenvalue weighted by molar-refractivity contribution is -0.163. The number of esters is 2. The van der Waals surface area contributed by atoms with Gasteiger partial charge < -0.3 is 26.4 Å². The molecule has 0 saturated heterocycles. The zero-order valence-electron chi connectivity index (χ0n) is 9.37. The molecule has 0 spiro atoms. The van der Waals surface area contributed by atoms with Crippen molar-refractivity contribution in [3.63, 3.8) is 0 Å². The Labute approximate surface area is 102 Å². The first-order chi connectivity index (χ1) is 8.23. The molecule has 0 amide bonds. The van der Waals surface area contributed by atoms with E-state index < -0.39 is 42.4 Å². The minimum Gasteiger partial charge on any atom is -0.481 e. The van der Waals surface area contributed by atoms with Crippen molar-refractivity contribution in [3.8, 4) is 0 Å². The molecule has 0 aliphatic rings. The molecule has 6 N–H and O–H groups in total. The van der Waals surface area contributed by atoms with Gasteiger partial charge in [0.25, 0.3) is 0 Å². The molecule has 0 radical (unpaired) electrons. The second-order valence-corrected chi connectivity index (χ2v) is 3.48. The number of carboxylic acids is 2. The first kappa shape index (κ1) is 16.0. The molecular weight excluding hydrogens is 248 g/mol. The summed E-state index contributed by atoms with van der Waals surface area (Å²) in [7, 11) is 0. The fourth-order valence-corrected chi connectivity index (χ4v) is 0.919. The lowest BCUT2D eigenvalue weighted by Gasteiger charge is -2.11. The third-order valence-corrected chi connectivity index (χ3v) is 1.87. The first-order valence-corrected chi connectivity index (χ1v) is 4.94. The maximum Gasteiger partial charge on any atom is 0.331 e. The lowest BCUT2D eigenvalue weighted by atomic mass is 10.1. The van der Waals surface area contributed by atoms with Gasteiger partial charge in [0.15, 0.2) is 0 Å². The van der Waals surface area contributed by atoms with Crippen molar-refractivity contribution in [1.29, 1.82) is 0 Å². The van der Waals surface area contributed by atoms with Gasteiger partial charge in [-0.3, -0.25) is 9.59 Å². The number of hydrogen-bond donors (Lipinski definition) is 4. The second kappa shape index (κ2) is 7.35. The second-order valence-electron chi connectivity index (χ2n) is 3.48. The zero-order chi connectivity index (χ0) is 14.3. The van der Waals surface area contributed by atoms with Crippen molar-refractivity contribution in [3.05, 3.63) is 0 Å². The highest BCUT2D eigenvalue weighted by atomic mass is 16.6. The van der Waals surface area contributed by atoms with Gasteiger partial charge in [0.1, 0.15) is 12.1 Å². The molecule has 18 heavy (non-hydrogen) atoms. The minimum atomic E-state index is -1.47. The van der Waals surface area contributed by atoms with Crippen LogP contribution >= 0.6 is 0 Å². The fourth-order valence-electron chi connectivity index (χ4n) is 0.919. The standard InChI is InChI=1S/C9H14N2O7/c10-4(1-2-6(12)13)8(16)18-9(17)5(11)3-7(14)15/h4-5H,1-3,10-11H2,(H,12,13)(H,14,15). The van der Waals surface area contributed by atoms with Gasteiger partial charge in [-0.2, -0.15) is 0 Å². The van der Waals surface area contributed by atoms with E-state index in [9.17, 15) is 19.2 Å². The molecule has 0 fully saturated rings. The summed E-state index contributed by atoms with van der Waals surface area (Å²) in [5.41, 5.74) is 10.4. The van der Waals surface area contributed by atoms with Crippen LogP contribution in [0.5, 0.6) is 0 Å². The van der Waals surface area contributed by atoms with Crippen LogP contribution in [0.1, 0.15) is 19.3 Å². The summed E-state index contributed by atoms with van der Waals surface area (Å²) < 4.78 is 4.22. The molecule has 0 rings (SSSR count). The Balaban J connectivity index is 4.17. The molecule has 2 atom stereocenters. The van der Waals surface area contributed by atoms with E-state index in [1.54, 1.807) is 0 Å². The Hall–Kier alpha value is -2.00. The molecule has 9 heteroatoms. The predicted molar refractivity (Wildman–Crippen MR) is 56.2 cm³/mol. The number of carboxylic acid groups (broad SMARTS) is 2. The van der Waals surface area contributed by atoms with Gasteiger partial charge in [-0.25, -0.2) is 9.59 Å². The maximum absolute atomic E-state index is 11.2. The molecule has 0 heterocycles. The molecule has 0 aromatic heterocycles. The third-order valence-electron chi connectivity index (χ3n) is 1.87. The van der Waals surface area contributed by atoms with Gasteiger partial charge in [0.05, 0.1) is 6.42 Å². The summed E-state index contributed by atoms with van der Waals surface area (Å²) in [6.45, 7) is 0. The van der Waals surface area contributed by atoms with Crippen LogP contribution in [-0.4, -0.2) is 46.2 Å². The highest BCUT2D eigenvalue weighted by Crippen LogP contribution is 2.00. The van der Waals surface area contributed by atoms with E-state index >= 15 is 0 Å². The van der Waals surface area contributed by atoms with Gasteiger partial charge in [-0.15, -0.1) is 0 Å². The Morgan fingerprint density at radius 2 is 1.44 bits per heavy atom. The van der Waals surface area contributed by atoms with Crippen LogP contribution in [0.4, 0.5) is 0 Å². The maximum atomic E-state index is 11.2. The van der Waals surface area contributed by atoms with E-state index in [4.69, 9.17) is 21.7 Å². The SMILES string of the molecule is NC(CCC(=O)O)C(=O)OC(=O)C(N)CC(=O)O. The summed E-state index contributed by atoms with van der Waals surface area (Å²) in [5.74, 6) is -4.82. The van der Waals surface area contributed by atoms with Crippen molar-refractivity contribution < 1.29 is 34.1 Å². The van der Waals surface area contributed by atoms with Crippen molar-refractivity contribution in [1.82, 2.24) is 0 Å². The third kappa shape index (κ3) is 6.55. The molecule has 0 bridgehead atoms. The highest BCUT2D eigenvalue weighted by Gasteiger charge is 2.24. The average molecular weight is 262 g/mol. The summed E-state index contributed by atoms with van der Waals surface area (Å²) in [6.07, 6.45) is -1.24. The smallest absolute Gasteiger partial charge is 0.331 e. The Kier molecular flexibility index (Phi) is 6.53. The Bertz CT molecular complexity index is 355. The van der Waals surface area contributed by atoms with Crippen LogP contribution in [-0.2, 0) is 23.9 Å². The van der Waals surface area contributed by atoms with E-state index in [0.717, 1.165) is 0 Å². The van der Waals surface area contributed by atoms with Crippen molar-refractivity contribution in [2.24, 2.45) is 11.5 Å². The van der Waals surface area contributed by atoms with Crippen LogP contribution in [0, 0.1) is 0 Å². The van der Waals surface area contributed by atoms with Crippen LogP contribution in [0.3, 0.4) is 0 Å². The Morgan fingerprint density at radius 3 is 1.89 bits per heavy atom. The highest BCUT2D eigenvalue weighted by molar-refractivity contribution is 5.92. The molecule has 2 unspecified atom stereocenters. The predicted octanol–water partition coefficient (Wildman–Crippen LogP) is -1.95. The first-order valence-electron chi connectivity index (χ1n) is 4.94. The normalized spacial score (nSPS) is 13.4. The Morgan fingerprint density at radius 1 is 0.944 bits per heavy atom. The molecular formula is C9H14N2O7. The van der Waals surface area contributed by atoms with E-state index in [2.05, 4.69) is 4.74 Å². The fraction of sp³-hybridized carbons (Fsp3) is 0.556. The van der Waals surface area contributed by atoms with E-state index in [0.29, 0.717) is 0 Å². The van der Waals surface area contributed by atoms with E-state index in [1.807, 2.05) is 0 Å². The van der Waals surface area contributed by atoms with Gasteiger partial charge in [0.2, 0.25) is 0 Å². The molecule has 9 nitrogen and oxygen atoms in total. The van der Waals surface area contributed by atoms with Crippen molar-refractivity contribution >= 4 is 23.9 Å². The summed E-state index contributed by atoms with van der Waals surface area (Å²) in [6, 6.07) is -2.75. The summed E-state index contributed by atoms with van der Waals surface area (Å²) in [4.78, 5) is 42.8. The van der Waals surface area contributed by atoms with Gasteiger partial charge in [-0.1, -0.05) is 0 Å². The van der Waals surface area contributed by atoms with Gasteiger partial charge in [-0.05, 0) is 6.42 Å². The number of nitrogens with two attached hydrogens (primary N) is 2.